The highest BCUT2D eigenvalue weighted by molar-refractivity contribution is 7.09. The summed E-state index contributed by atoms with van der Waals surface area (Å²) >= 11 is 1.67. The number of nitrogens with zero attached hydrogens (tertiary/aromatic N) is 1. The SMILES string of the molecule is C/C(=C\CC(O[Si](C)(C)C(C)(C)C)/C(C)=C/c1csc(C)n1)CCCC(C)C(O)C(C)C(=O)C(C)(C)C(CCO[Si](C)(C)C(C)(C)C)O[Si](C)(C)C(C)(C)C. The number of thiazole rings is 1. The maximum atomic E-state index is 14.4. The number of Topliss-reactive ketones (excluding diaryl/α,β-unsaturated/α-hetero) is 1. The Morgan fingerprint density at radius 3 is 1.82 bits per heavy atom. The Hall–Kier alpha value is -0.729. The van der Waals surface area contributed by atoms with Gasteiger partial charge in [-0.15, -0.1) is 11.3 Å². The Morgan fingerprint density at radius 2 is 1.35 bits per heavy atom. The quantitative estimate of drug-likeness (QED) is 0.0981. The van der Waals surface area contributed by atoms with Crippen molar-refractivity contribution in [3.63, 3.8) is 0 Å². The van der Waals surface area contributed by atoms with Gasteiger partial charge in [-0.05, 0) is 125 Å². The number of hydrogen-bond acceptors (Lipinski definition) is 7. The summed E-state index contributed by atoms with van der Waals surface area (Å²) in [4.78, 5) is 19.1. The van der Waals surface area contributed by atoms with E-state index in [1.54, 1.807) is 11.3 Å². The lowest BCUT2D eigenvalue weighted by Crippen LogP contribution is -2.52. The van der Waals surface area contributed by atoms with Crippen molar-refractivity contribution in [1.29, 1.82) is 0 Å². The molecule has 0 aromatic carbocycles. The van der Waals surface area contributed by atoms with Gasteiger partial charge in [0.05, 0.1) is 29.0 Å². The van der Waals surface area contributed by atoms with Crippen LogP contribution in [0.4, 0.5) is 0 Å². The number of aryl methyl sites for hydroxylation is 1. The van der Waals surface area contributed by atoms with Crippen molar-refractivity contribution in [3.05, 3.63) is 33.3 Å². The van der Waals surface area contributed by atoms with E-state index >= 15 is 0 Å². The number of aliphatic hydroxyl groups is 1. The molecule has 0 aliphatic heterocycles. The van der Waals surface area contributed by atoms with Crippen LogP contribution >= 0.6 is 11.3 Å². The van der Waals surface area contributed by atoms with Crippen LogP contribution in [0.1, 0.15) is 147 Å². The van der Waals surface area contributed by atoms with Crippen molar-refractivity contribution in [3.8, 4) is 0 Å². The molecule has 0 spiro atoms. The number of hydrogen-bond donors (Lipinski definition) is 1. The highest BCUT2D eigenvalue weighted by atomic mass is 32.1. The second-order valence-electron chi connectivity index (χ2n) is 21.8. The van der Waals surface area contributed by atoms with Gasteiger partial charge in [0.25, 0.3) is 0 Å². The van der Waals surface area contributed by atoms with E-state index in [-0.39, 0.29) is 39.0 Å². The first kappa shape index (κ1) is 52.3. The minimum Gasteiger partial charge on any atom is -0.417 e. The predicted octanol–water partition coefficient (Wildman–Crippen LogP) is 13.8. The Bertz CT molecular complexity index is 1420. The van der Waals surface area contributed by atoms with Gasteiger partial charge in [0.1, 0.15) is 5.78 Å². The minimum atomic E-state index is -2.20. The van der Waals surface area contributed by atoms with Crippen LogP contribution < -0.4 is 0 Å². The van der Waals surface area contributed by atoms with Crippen molar-refractivity contribution in [1.82, 2.24) is 4.98 Å². The molecule has 1 rings (SSSR count). The molecule has 1 heterocycles. The minimum absolute atomic E-state index is 0.00290. The molecule has 1 N–H and O–H groups in total. The Labute approximate surface area is 347 Å². The first-order valence-corrected chi connectivity index (χ1v) is 30.7. The Balaban J connectivity index is 3.07. The van der Waals surface area contributed by atoms with Crippen molar-refractivity contribution in [2.75, 3.05) is 6.61 Å². The van der Waals surface area contributed by atoms with E-state index in [0.717, 1.165) is 36.4 Å². The molecule has 0 saturated carbocycles. The molecule has 320 valence electrons. The van der Waals surface area contributed by atoms with E-state index in [1.807, 2.05) is 27.7 Å². The number of carbonyl (C=O) groups is 1. The standard InChI is InChI=1S/C45H87NO5SSi3/c1-32(26-27-38(50-54(19,20)43(9,10)11)34(3)30-37-31-52-36(5)46-37)24-23-25-33(2)40(47)35(4)41(48)45(15,16)39(51-55(21,22)44(12,13)14)28-29-49-53(17,18)42(6,7)8/h26,30-31,33,35,38-40,47H,23-25,27-29H2,1-22H3/b32-26+,34-30+. The van der Waals surface area contributed by atoms with Gasteiger partial charge in [0.15, 0.2) is 25.0 Å². The maximum absolute atomic E-state index is 14.4. The predicted molar refractivity (Wildman–Crippen MR) is 248 cm³/mol. The number of allylic oxidation sites excluding steroid dienone is 1. The first-order chi connectivity index (χ1) is 24.6. The molecule has 1 aromatic heterocycles. The van der Waals surface area contributed by atoms with Crippen molar-refractivity contribution < 1.29 is 23.2 Å². The van der Waals surface area contributed by atoms with Crippen LogP contribution in [-0.2, 0) is 18.1 Å². The molecule has 0 radical (unpaired) electrons. The van der Waals surface area contributed by atoms with E-state index in [4.69, 9.17) is 13.3 Å². The molecular weight excluding hydrogens is 751 g/mol. The van der Waals surface area contributed by atoms with E-state index < -0.39 is 42.4 Å². The van der Waals surface area contributed by atoms with E-state index in [9.17, 15) is 9.90 Å². The molecule has 0 bridgehead atoms. The number of ketones is 1. The van der Waals surface area contributed by atoms with Crippen LogP contribution in [0.25, 0.3) is 6.08 Å². The van der Waals surface area contributed by atoms with Gasteiger partial charge in [-0.25, -0.2) is 4.98 Å². The summed E-state index contributed by atoms with van der Waals surface area (Å²) in [5.74, 6) is -0.438. The smallest absolute Gasteiger partial charge is 0.192 e. The molecule has 0 aliphatic carbocycles. The number of aromatic nitrogens is 1. The highest BCUT2D eigenvalue weighted by Crippen LogP contribution is 2.43. The molecule has 0 fully saturated rings. The first-order valence-electron chi connectivity index (χ1n) is 21.1. The van der Waals surface area contributed by atoms with Gasteiger partial charge >= 0.3 is 0 Å². The average molecular weight is 839 g/mol. The third-order valence-corrected chi connectivity index (χ3v) is 27.8. The molecule has 55 heavy (non-hydrogen) atoms. The van der Waals surface area contributed by atoms with E-state index in [2.05, 4.69) is 145 Å². The van der Waals surface area contributed by atoms with Crippen molar-refractivity contribution in [2.24, 2.45) is 17.3 Å². The van der Waals surface area contributed by atoms with Gasteiger partial charge < -0.3 is 18.4 Å². The van der Waals surface area contributed by atoms with Gasteiger partial charge in [0.2, 0.25) is 0 Å². The molecule has 10 heteroatoms. The van der Waals surface area contributed by atoms with Crippen molar-refractivity contribution in [2.45, 2.75) is 216 Å². The second-order valence-corrected chi connectivity index (χ2v) is 37.2. The second kappa shape index (κ2) is 20.0. The number of carbonyl (C=O) groups excluding carboxylic acids is 1. The summed E-state index contributed by atoms with van der Waals surface area (Å²) in [6, 6.07) is 0. The molecule has 5 unspecified atom stereocenters. The van der Waals surface area contributed by atoms with Crippen LogP contribution in [0.2, 0.25) is 54.4 Å². The lowest BCUT2D eigenvalue weighted by Gasteiger charge is -2.45. The van der Waals surface area contributed by atoms with Gasteiger partial charge in [0, 0.05) is 23.3 Å². The Morgan fingerprint density at radius 1 is 0.836 bits per heavy atom. The summed E-state index contributed by atoms with van der Waals surface area (Å²) in [6.45, 7) is 49.1. The highest BCUT2D eigenvalue weighted by Gasteiger charge is 2.48. The monoisotopic (exact) mass is 838 g/mol. The fourth-order valence-electron chi connectivity index (χ4n) is 6.05. The topological polar surface area (TPSA) is 77.9 Å². The number of rotatable bonds is 21. The largest absolute Gasteiger partial charge is 0.417 e. The van der Waals surface area contributed by atoms with E-state index in [0.29, 0.717) is 13.0 Å². The molecular formula is C45H87NO5SSi3. The molecule has 5 atom stereocenters. The van der Waals surface area contributed by atoms with Gasteiger partial charge in [-0.1, -0.05) is 102 Å². The van der Waals surface area contributed by atoms with Crippen LogP contribution in [0, 0.1) is 24.2 Å². The number of aliphatic hydroxyl groups excluding tert-OH is 1. The van der Waals surface area contributed by atoms with Crippen LogP contribution in [0.5, 0.6) is 0 Å². The zero-order valence-corrected chi connectivity index (χ0v) is 43.6. The lowest BCUT2D eigenvalue weighted by atomic mass is 9.73. The van der Waals surface area contributed by atoms with Gasteiger partial charge in [-0.2, -0.15) is 0 Å². The zero-order valence-electron chi connectivity index (χ0n) is 39.8. The molecule has 0 amide bonds. The van der Waals surface area contributed by atoms with Gasteiger partial charge in [-0.3, -0.25) is 4.79 Å². The third-order valence-electron chi connectivity index (χ3n) is 13.5. The molecule has 1 aromatic rings. The molecule has 0 saturated heterocycles. The summed E-state index contributed by atoms with van der Waals surface area (Å²) < 4.78 is 20.6. The molecule has 6 nitrogen and oxygen atoms in total. The normalized spacial score (nSPS) is 17.6. The van der Waals surface area contributed by atoms with Crippen LogP contribution in [0.3, 0.4) is 0 Å². The average Bonchev–Trinajstić information content (AvgIpc) is 3.43. The third kappa shape index (κ3) is 15.4. The van der Waals surface area contributed by atoms with Crippen LogP contribution in [-0.4, -0.2) is 65.7 Å². The Kier molecular flexibility index (Phi) is 19.0. The fraction of sp³-hybridized carbons (Fsp3) is 0.822. The summed E-state index contributed by atoms with van der Waals surface area (Å²) in [5, 5.41) is 15.0. The van der Waals surface area contributed by atoms with E-state index in [1.165, 1.54) is 11.1 Å². The zero-order chi connectivity index (χ0) is 43.2. The fourth-order valence-corrected chi connectivity index (χ4v) is 10.5. The summed E-state index contributed by atoms with van der Waals surface area (Å²) in [6.07, 6.45) is 7.73. The lowest BCUT2D eigenvalue weighted by molar-refractivity contribution is -0.141. The van der Waals surface area contributed by atoms with Crippen LogP contribution in [0.15, 0.2) is 22.6 Å². The summed E-state index contributed by atoms with van der Waals surface area (Å²) in [7, 11) is -6.17. The summed E-state index contributed by atoms with van der Waals surface area (Å²) in [5.41, 5.74) is 2.76. The van der Waals surface area contributed by atoms with Crippen molar-refractivity contribution >= 4 is 48.1 Å². The molecule has 0 aliphatic rings. The maximum Gasteiger partial charge on any atom is 0.192 e.